The highest BCUT2D eigenvalue weighted by atomic mass is 16.1. The molecule has 0 aliphatic rings. The van der Waals surface area contributed by atoms with Gasteiger partial charge in [0.2, 0.25) is 0 Å². The van der Waals surface area contributed by atoms with Gasteiger partial charge >= 0.3 is 0 Å². The van der Waals surface area contributed by atoms with Crippen LogP contribution in [0.15, 0.2) is 41.3 Å². The standard InChI is InChI=1S/C12H11N5O/c13-9-6-15-17(11(9)14)10-5-7-3-1-2-4-8(7)12(18)16-10/h1-6H,13-14H2,(H,16,18). The summed E-state index contributed by atoms with van der Waals surface area (Å²) in [4.78, 5) is 14.7. The molecule has 2 heterocycles. The van der Waals surface area contributed by atoms with Gasteiger partial charge in [-0.3, -0.25) is 4.79 Å². The Labute approximate surface area is 102 Å². The summed E-state index contributed by atoms with van der Waals surface area (Å²) >= 11 is 0. The van der Waals surface area contributed by atoms with Crippen molar-refractivity contribution < 1.29 is 0 Å². The molecule has 0 spiro atoms. The molecule has 0 saturated heterocycles. The number of hydrogen-bond acceptors (Lipinski definition) is 4. The SMILES string of the molecule is Nc1cnn(-c2cc3ccccc3c(=O)[nH]2)c1N. The lowest BCUT2D eigenvalue weighted by Gasteiger charge is -2.05. The summed E-state index contributed by atoms with van der Waals surface area (Å²) in [6.45, 7) is 0. The van der Waals surface area contributed by atoms with E-state index in [2.05, 4.69) is 10.1 Å². The number of aromatic amines is 1. The molecule has 0 bridgehead atoms. The molecule has 0 amide bonds. The van der Waals surface area contributed by atoms with E-state index in [0.29, 0.717) is 22.7 Å². The Hall–Kier alpha value is -2.76. The van der Waals surface area contributed by atoms with E-state index < -0.39 is 0 Å². The van der Waals surface area contributed by atoms with Crippen LogP contribution in [-0.2, 0) is 0 Å². The average Bonchev–Trinajstić information content (AvgIpc) is 2.70. The molecule has 18 heavy (non-hydrogen) atoms. The van der Waals surface area contributed by atoms with Gasteiger partial charge in [0.1, 0.15) is 5.82 Å². The molecular formula is C12H11N5O. The third-order valence-electron chi connectivity index (χ3n) is 2.80. The second-order valence-corrected chi connectivity index (χ2v) is 3.97. The van der Waals surface area contributed by atoms with Crippen molar-refractivity contribution in [3.63, 3.8) is 0 Å². The zero-order valence-electron chi connectivity index (χ0n) is 9.42. The third kappa shape index (κ3) is 1.43. The van der Waals surface area contributed by atoms with Gasteiger partial charge in [0.15, 0.2) is 5.82 Å². The smallest absolute Gasteiger partial charge is 0.257 e. The van der Waals surface area contributed by atoms with Crippen LogP contribution >= 0.6 is 0 Å². The minimum absolute atomic E-state index is 0.184. The van der Waals surface area contributed by atoms with Crippen molar-refractivity contribution in [2.45, 2.75) is 0 Å². The van der Waals surface area contributed by atoms with Crippen molar-refractivity contribution in [2.75, 3.05) is 11.5 Å². The van der Waals surface area contributed by atoms with Crippen LogP contribution in [-0.4, -0.2) is 14.8 Å². The highest BCUT2D eigenvalue weighted by Gasteiger charge is 2.08. The maximum Gasteiger partial charge on any atom is 0.257 e. The number of pyridine rings is 1. The van der Waals surface area contributed by atoms with Gasteiger partial charge in [-0.05, 0) is 17.5 Å². The van der Waals surface area contributed by atoms with E-state index in [-0.39, 0.29) is 5.56 Å². The zero-order chi connectivity index (χ0) is 12.7. The highest BCUT2D eigenvalue weighted by molar-refractivity contribution is 5.82. The van der Waals surface area contributed by atoms with Gasteiger partial charge in [-0.25, -0.2) is 0 Å². The van der Waals surface area contributed by atoms with Gasteiger partial charge in [0.05, 0.1) is 11.9 Å². The normalized spacial score (nSPS) is 10.9. The lowest BCUT2D eigenvalue weighted by molar-refractivity contribution is 0.855. The van der Waals surface area contributed by atoms with E-state index in [0.717, 1.165) is 5.39 Å². The van der Waals surface area contributed by atoms with Crippen LogP contribution in [0.4, 0.5) is 11.5 Å². The Balaban J connectivity index is 2.31. The summed E-state index contributed by atoms with van der Waals surface area (Å²) in [6, 6.07) is 9.11. The highest BCUT2D eigenvalue weighted by Crippen LogP contribution is 2.18. The van der Waals surface area contributed by atoms with Crippen molar-refractivity contribution >= 4 is 22.3 Å². The fourth-order valence-corrected chi connectivity index (χ4v) is 1.87. The number of aromatic nitrogens is 3. The first kappa shape index (κ1) is 10.4. The van der Waals surface area contributed by atoms with Gasteiger partial charge in [0.25, 0.3) is 5.56 Å². The van der Waals surface area contributed by atoms with Crippen molar-refractivity contribution in [1.82, 2.24) is 14.8 Å². The molecule has 0 aliphatic heterocycles. The van der Waals surface area contributed by atoms with Gasteiger partial charge in [-0.2, -0.15) is 9.78 Å². The second-order valence-electron chi connectivity index (χ2n) is 3.97. The number of nitrogen functional groups attached to an aromatic ring is 2. The first-order chi connectivity index (χ1) is 8.66. The molecule has 0 aliphatic carbocycles. The number of benzene rings is 1. The van der Waals surface area contributed by atoms with Crippen molar-refractivity contribution in [2.24, 2.45) is 0 Å². The number of nitrogens with one attached hydrogen (secondary N) is 1. The van der Waals surface area contributed by atoms with Crippen LogP contribution < -0.4 is 17.0 Å². The molecule has 3 aromatic rings. The van der Waals surface area contributed by atoms with E-state index in [4.69, 9.17) is 11.5 Å². The number of H-pyrrole nitrogens is 1. The van der Waals surface area contributed by atoms with Crippen LogP contribution in [0.5, 0.6) is 0 Å². The first-order valence-electron chi connectivity index (χ1n) is 5.38. The number of rotatable bonds is 1. The van der Waals surface area contributed by atoms with E-state index >= 15 is 0 Å². The van der Waals surface area contributed by atoms with Gasteiger partial charge < -0.3 is 16.5 Å². The van der Waals surface area contributed by atoms with E-state index in [9.17, 15) is 4.79 Å². The van der Waals surface area contributed by atoms with Gasteiger partial charge in [-0.15, -0.1) is 0 Å². The van der Waals surface area contributed by atoms with Crippen LogP contribution in [0.1, 0.15) is 0 Å². The molecule has 0 saturated carbocycles. The average molecular weight is 241 g/mol. The van der Waals surface area contributed by atoms with Crippen LogP contribution in [0.3, 0.4) is 0 Å². The largest absolute Gasteiger partial charge is 0.394 e. The van der Waals surface area contributed by atoms with E-state index in [1.807, 2.05) is 18.2 Å². The Morgan fingerprint density at radius 2 is 2.00 bits per heavy atom. The van der Waals surface area contributed by atoms with Crippen molar-refractivity contribution in [1.29, 1.82) is 0 Å². The van der Waals surface area contributed by atoms with Crippen LogP contribution in [0.2, 0.25) is 0 Å². The molecule has 2 aromatic heterocycles. The van der Waals surface area contributed by atoms with E-state index in [1.165, 1.54) is 10.9 Å². The fourth-order valence-electron chi connectivity index (χ4n) is 1.87. The van der Waals surface area contributed by atoms with Gasteiger partial charge in [0, 0.05) is 5.39 Å². The minimum atomic E-state index is -0.184. The molecule has 5 N–H and O–H groups in total. The Morgan fingerprint density at radius 3 is 2.72 bits per heavy atom. The summed E-state index contributed by atoms with van der Waals surface area (Å²) in [6.07, 6.45) is 1.45. The number of hydrogen-bond donors (Lipinski definition) is 3. The van der Waals surface area contributed by atoms with Crippen molar-refractivity contribution in [3.05, 3.63) is 46.9 Å². The summed E-state index contributed by atoms with van der Waals surface area (Å²) in [5, 5.41) is 5.48. The molecule has 6 nitrogen and oxygen atoms in total. The molecule has 0 atom stereocenters. The molecule has 1 aromatic carbocycles. The van der Waals surface area contributed by atoms with Crippen molar-refractivity contribution in [3.8, 4) is 5.82 Å². The summed E-state index contributed by atoms with van der Waals surface area (Å²) in [5.74, 6) is 0.800. The fraction of sp³-hybridized carbons (Fsp3) is 0. The molecule has 90 valence electrons. The van der Waals surface area contributed by atoms with Gasteiger partial charge in [-0.1, -0.05) is 18.2 Å². The summed E-state index contributed by atoms with van der Waals surface area (Å²) in [7, 11) is 0. The minimum Gasteiger partial charge on any atom is -0.394 e. The number of fused-ring (bicyclic) bond motifs is 1. The number of anilines is 2. The maximum atomic E-state index is 11.9. The monoisotopic (exact) mass is 241 g/mol. The van der Waals surface area contributed by atoms with Crippen LogP contribution in [0.25, 0.3) is 16.6 Å². The number of nitrogens with zero attached hydrogens (tertiary/aromatic N) is 2. The molecule has 6 heteroatoms. The lowest BCUT2D eigenvalue weighted by atomic mass is 10.2. The third-order valence-corrected chi connectivity index (χ3v) is 2.80. The molecule has 0 fully saturated rings. The Bertz CT molecular complexity index is 787. The van der Waals surface area contributed by atoms with Crippen LogP contribution in [0, 0.1) is 0 Å². The molecule has 0 unspecified atom stereocenters. The zero-order valence-corrected chi connectivity index (χ0v) is 9.42. The quantitative estimate of drug-likeness (QED) is 0.588. The lowest BCUT2D eigenvalue weighted by Crippen LogP contribution is -2.13. The maximum absolute atomic E-state index is 11.9. The molecule has 3 rings (SSSR count). The Kier molecular flexibility index (Phi) is 2.09. The second kappa shape index (κ2) is 3.63. The summed E-state index contributed by atoms with van der Waals surface area (Å²) < 4.78 is 1.41. The molecular weight excluding hydrogens is 230 g/mol. The predicted molar refractivity (Wildman–Crippen MR) is 70.5 cm³/mol. The topological polar surface area (TPSA) is 103 Å². The first-order valence-corrected chi connectivity index (χ1v) is 5.38. The summed E-state index contributed by atoms with van der Waals surface area (Å²) in [5.41, 5.74) is 11.6. The molecule has 0 radical (unpaired) electrons. The predicted octanol–water partition coefficient (Wildman–Crippen LogP) is 0.878. The van der Waals surface area contributed by atoms with E-state index in [1.54, 1.807) is 12.1 Å². The number of nitrogens with two attached hydrogens (primary N) is 2. The Morgan fingerprint density at radius 1 is 1.22 bits per heavy atom.